The molecule has 1 aromatic rings. The van der Waals surface area contributed by atoms with E-state index in [2.05, 4.69) is 15.9 Å². The predicted molar refractivity (Wildman–Crippen MR) is 58.8 cm³/mol. The molecule has 0 spiro atoms. The Bertz CT molecular complexity index is 402. The Morgan fingerprint density at radius 2 is 2.27 bits per heavy atom. The summed E-state index contributed by atoms with van der Waals surface area (Å²) in [5.41, 5.74) is -0.670. The summed E-state index contributed by atoms with van der Waals surface area (Å²) in [7, 11) is 0. The van der Waals surface area contributed by atoms with E-state index in [9.17, 15) is 4.39 Å². The maximum atomic E-state index is 13.5. The maximum absolute atomic E-state index is 13.5. The normalized spacial score (nSPS) is 14.3. The van der Waals surface area contributed by atoms with Crippen LogP contribution in [0.5, 0.6) is 0 Å². The molecule has 2 nitrogen and oxygen atoms in total. The Balaban J connectivity index is 3.24. The molecule has 0 aliphatic rings. The second kappa shape index (κ2) is 4.73. The topological polar surface area (TPSA) is 44.0 Å². The van der Waals surface area contributed by atoms with E-state index in [0.29, 0.717) is 5.56 Å². The van der Waals surface area contributed by atoms with Crippen molar-refractivity contribution in [2.45, 2.75) is 18.8 Å². The summed E-state index contributed by atoms with van der Waals surface area (Å²) in [6, 6.07) is 6.51. The Morgan fingerprint density at radius 3 is 2.80 bits per heavy atom. The first-order valence-corrected chi connectivity index (χ1v) is 5.30. The number of benzene rings is 1. The molecule has 0 saturated heterocycles. The summed E-state index contributed by atoms with van der Waals surface area (Å²) in [4.78, 5) is 0. The van der Waals surface area contributed by atoms with Crippen molar-refractivity contribution in [1.29, 1.82) is 5.26 Å². The average Bonchev–Trinajstić information content (AvgIpc) is 2.22. The van der Waals surface area contributed by atoms with Crippen molar-refractivity contribution in [3.63, 3.8) is 0 Å². The third kappa shape index (κ3) is 2.55. The van der Waals surface area contributed by atoms with E-state index in [0.717, 1.165) is 4.47 Å². The maximum Gasteiger partial charge on any atom is 0.128 e. The molecule has 0 fully saturated rings. The first-order valence-electron chi connectivity index (χ1n) is 4.51. The summed E-state index contributed by atoms with van der Waals surface area (Å²) in [6.07, 6.45) is 0.219. The van der Waals surface area contributed by atoms with Crippen molar-refractivity contribution < 1.29 is 9.50 Å². The van der Waals surface area contributed by atoms with Gasteiger partial charge in [-0.25, -0.2) is 4.39 Å². The van der Waals surface area contributed by atoms with E-state index < -0.39 is 11.2 Å². The average molecular weight is 272 g/mol. The molecule has 0 bridgehead atoms. The van der Waals surface area contributed by atoms with Gasteiger partial charge < -0.3 is 5.11 Å². The van der Waals surface area contributed by atoms with E-state index in [4.69, 9.17) is 10.4 Å². The Morgan fingerprint density at radius 1 is 1.60 bits per heavy atom. The summed E-state index contributed by atoms with van der Waals surface area (Å²) < 4.78 is 14.2. The van der Waals surface area contributed by atoms with Crippen molar-refractivity contribution in [3.05, 3.63) is 34.1 Å². The minimum absolute atomic E-state index is 0.143. The van der Waals surface area contributed by atoms with E-state index in [1.54, 1.807) is 19.1 Å². The number of rotatable bonds is 3. The Kier molecular flexibility index (Phi) is 3.83. The number of nitrogens with zero attached hydrogens (tertiary/aromatic N) is 1. The molecule has 0 radical (unpaired) electrons. The van der Waals surface area contributed by atoms with Crippen LogP contribution in [0.4, 0.5) is 4.39 Å². The summed E-state index contributed by atoms with van der Waals surface area (Å²) in [6.45, 7) is 1.48. The molecule has 0 saturated carbocycles. The van der Waals surface area contributed by atoms with Crippen molar-refractivity contribution in [1.82, 2.24) is 0 Å². The third-order valence-corrected chi connectivity index (χ3v) is 2.87. The molecule has 1 unspecified atom stereocenters. The third-order valence-electron chi connectivity index (χ3n) is 2.38. The van der Waals surface area contributed by atoms with Crippen LogP contribution < -0.4 is 0 Å². The highest BCUT2D eigenvalue weighted by atomic mass is 79.9. The van der Waals surface area contributed by atoms with Crippen LogP contribution in [-0.4, -0.2) is 11.7 Å². The Hall–Kier alpha value is -0.920. The van der Waals surface area contributed by atoms with Gasteiger partial charge in [0.15, 0.2) is 0 Å². The van der Waals surface area contributed by atoms with Gasteiger partial charge >= 0.3 is 0 Å². The molecule has 1 aromatic carbocycles. The second-order valence-corrected chi connectivity index (χ2v) is 4.46. The highest BCUT2D eigenvalue weighted by Crippen LogP contribution is 2.30. The fraction of sp³-hybridized carbons (Fsp3) is 0.364. The van der Waals surface area contributed by atoms with Crippen LogP contribution in [0.3, 0.4) is 0 Å². The van der Waals surface area contributed by atoms with Gasteiger partial charge in [-0.15, -0.1) is 0 Å². The lowest BCUT2D eigenvalue weighted by molar-refractivity contribution is 0.262. The first kappa shape index (κ1) is 12.2. The molecule has 1 rings (SSSR count). The smallest absolute Gasteiger partial charge is 0.128 e. The molecule has 0 heterocycles. The van der Waals surface area contributed by atoms with Crippen LogP contribution in [0.1, 0.15) is 18.9 Å². The number of aliphatic hydroxyl groups is 1. The monoisotopic (exact) mass is 271 g/mol. The van der Waals surface area contributed by atoms with Gasteiger partial charge in [-0.1, -0.05) is 15.9 Å². The van der Waals surface area contributed by atoms with E-state index in [-0.39, 0.29) is 13.0 Å². The van der Waals surface area contributed by atoms with Crippen molar-refractivity contribution in [3.8, 4) is 6.07 Å². The van der Waals surface area contributed by atoms with Crippen molar-refractivity contribution >= 4 is 15.9 Å². The van der Waals surface area contributed by atoms with E-state index in [1.807, 2.05) is 6.07 Å². The van der Waals surface area contributed by atoms with Crippen LogP contribution in [0, 0.1) is 17.1 Å². The lowest BCUT2D eigenvalue weighted by atomic mass is 9.81. The van der Waals surface area contributed by atoms with Crippen LogP contribution in [0.2, 0.25) is 0 Å². The number of aliphatic hydroxyl groups excluding tert-OH is 1. The summed E-state index contributed by atoms with van der Waals surface area (Å²) in [5, 5.41) is 17.9. The molecule has 0 amide bonds. The highest BCUT2D eigenvalue weighted by Gasteiger charge is 2.29. The number of hydrogen-bond acceptors (Lipinski definition) is 2. The Labute approximate surface area is 96.5 Å². The number of halogens is 2. The van der Waals surface area contributed by atoms with Gasteiger partial charge in [-0.05, 0) is 31.5 Å². The van der Waals surface area contributed by atoms with Crippen molar-refractivity contribution in [2.75, 3.05) is 6.61 Å². The van der Waals surface area contributed by atoms with Gasteiger partial charge in [-0.2, -0.15) is 5.26 Å². The molecule has 1 atom stereocenters. The lowest BCUT2D eigenvalue weighted by Crippen LogP contribution is -2.22. The van der Waals surface area contributed by atoms with Gasteiger partial charge in [0.1, 0.15) is 5.82 Å². The zero-order valence-corrected chi connectivity index (χ0v) is 9.88. The molecule has 15 heavy (non-hydrogen) atoms. The molecule has 0 aromatic heterocycles. The van der Waals surface area contributed by atoms with E-state index in [1.165, 1.54) is 6.07 Å². The van der Waals surface area contributed by atoms with Crippen LogP contribution >= 0.6 is 15.9 Å². The first-order chi connectivity index (χ1) is 7.03. The zero-order valence-electron chi connectivity index (χ0n) is 8.30. The molecular formula is C11H11BrFNO. The van der Waals surface area contributed by atoms with Gasteiger partial charge in [-0.3, -0.25) is 0 Å². The molecule has 4 heteroatoms. The fourth-order valence-corrected chi connectivity index (χ4v) is 1.76. The zero-order chi connectivity index (χ0) is 11.5. The number of hydrogen-bond donors (Lipinski definition) is 1. The van der Waals surface area contributed by atoms with E-state index >= 15 is 0 Å². The fourth-order valence-electron chi connectivity index (χ4n) is 1.39. The van der Waals surface area contributed by atoms with Crippen LogP contribution in [-0.2, 0) is 5.41 Å². The highest BCUT2D eigenvalue weighted by molar-refractivity contribution is 9.10. The van der Waals surface area contributed by atoms with Crippen LogP contribution in [0.15, 0.2) is 22.7 Å². The molecule has 80 valence electrons. The van der Waals surface area contributed by atoms with Crippen molar-refractivity contribution in [2.24, 2.45) is 0 Å². The minimum Gasteiger partial charge on any atom is -0.396 e. The molecule has 0 aliphatic heterocycles. The van der Waals surface area contributed by atoms with Gasteiger partial charge in [0.05, 0.1) is 11.5 Å². The summed E-state index contributed by atoms with van der Waals surface area (Å²) in [5.74, 6) is -0.421. The van der Waals surface area contributed by atoms with Gasteiger partial charge in [0.25, 0.3) is 0 Å². The standard InChI is InChI=1S/C11H11BrFNO/c1-11(7-14,4-5-15)9-6-8(12)2-3-10(9)13/h2-3,6,15H,4-5H2,1H3. The SMILES string of the molecule is CC(C#N)(CCO)c1cc(Br)ccc1F. The quantitative estimate of drug-likeness (QED) is 0.919. The predicted octanol–water partition coefficient (Wildman–Crippen LogP) is 2.75. The van der Waals surface area contributed by atoms with Gasteiger partial charge in [0, 0.05) is 16.6 Å². The van der Waals surface area contributed by atoms with Crippen LogP contribution in [0.25, 0.3) is 0 Å². The lowest BCUT2D eigenvalue weighted by Gasteiger charge is -2.21. The molecule has 1 N–H and O–H groups in total. The summed E-state index contributed by atoms with van der Waals surface area (Å²) >= 11 is 3.23. The van der Waals surface area contributed by atoms with Gasteiger partial charge in [0.2, 0.25) is 0 Å². The minimum atomic E-state index is -0.984. The molecular weight excluding hydrogens is 261 g/mol. The second-order valence-electron chi connectivity index (χ2n) is 3.54. The largest absolute Gasteiger partial charge is 0.396 e. The number of nitriles is 1. The molecule has 0 aliphatic carbocycles.